The van der Waals surface area contributed by atoms with Gasteiger partial charge in [-0.2, -0.15) is 0 Å². The van der Waals surface area contributed by atoms with Gasteiger partial charge in [-0.25, -0.2) is 0 Å². The van der Waals surface area contributed by atoms with Crippen molar-refractivity contribution in [1.29, 1.82) is 0 Å². The summed E-state index contributed by atoms with van der Waals surface area (Å²) in [5, 5.41) is 10.8. The van der Waals surface area contributed by atoms with Crippen molar-refractivity contribution in [3.8, 4) is 11.5 Å². The number of nitrogens with zero attached hydrogens (tertiary/aromatic N) is 1. The van der Waals surface area contributed by atoms with Crippen LogP contribution in [0, 0.1) is 5.92 Å². The average molecular weight is 384 g/mol. The molecule has 27 heavy (non-hydrogen) atoms. The third-order valence-electron chi connectivity index (χ3n) is 4.65. The number of aromatic nitrogens is 1. The van der Waals surface area contributed by atoms with E-state index in [0.717, 1.165) is 23.4 Å². The zero-order valence-corrected chi connectivity index (χ0v) is 15.6. The van der Waals surface area contributed by atoms with Gasteiger partial charge in [0.25, 0.3) is 0 Å². The van der Waals surface area contributed by atoms with Gasteiger partial charge in [-0.3, -0.25) is 4.98 Å². The monoisotopic (exact) mass is 383 g/mol. The van der Waals surface area contributed by atoms with Crippen molar-refractivity contribution < 1.29 is 14.6 Å². The van der Waals surface area contributed by atoms with Gasteiger partial charge in [0.15, 0.2) is 0 Å². The minimum Gasteiger partial charge on any atom is -0.493 e. The van der Waals surface area contributed by atoms with E-state index in [1.807, 2.05) is 54.6 Å². The molecule has 0 aliphatic carbocycles. The topological polar surface area (TPSA) is 51.6 Å². The van der Waals surface area contributed by atoms with E-state index in [2.05, 4.69) is 17.1 Å². The van der Waals surface area contributed by atoms with E-state index in [0.29, 0.717) is 19.0 Å². The second-order valence-electron chi connectivity index (χ2n) is 6.52. The molecular weight excluding hydrogens is 362 g/mol. The molecule has 1 aliphatic heterocycles. The molecule has 1 aliphatic rings. The molecule has 2 aromatic carbocycles. The lowest BCUT2D eigenvalue weighted by molar-refractivity contribution is 0.0504. The number of fused-ring (bicyclic) bond motifs is 1. The summed E-state index contributed by atoms with van der Waals surface area (Å²) in [5.74, 6) is 1.46. The van der Waals surface area contributed by atoms with Crippen molar-refractivity contribution in [3.63, 3.8) is 0 Å². The standard InChI is InChI=1S/C22H21NO3.ClH/c24-22-17(12-16-6-2-1-3-7-16)14-26-21-10-9-19(13-20(21)22)25-15-18-8-4-5-11-23-18;/h1-11,13,17,22,24H,12,14-15H2;1H. The van der Waals surface area contributed by atoms with Crippen LogP contribution >= 0.6 is 12.4 Å². The van der Waals surface area contributed by atoms with Crippen LogP contribution in [0.2, 0.25) is 0 Å². The zero-order chi connectivity index (χ0) is 17.8. The van der Waals surface area contributed by atoms with Gasteiger partial charge >= 0.3 is 0 Å². The molecule has 2 atom stereocenters. The molecule has 0 fully saturated rings. The minimum atomic E-state index is -0.572. The summed E-state index contributed by atoms with van der Waals surface area (Å²) in [4.78, 5) is 4.26. The summed E-state index contributed by atoms with van der Waals surface area (Å²) in [7, 11) is 0. The minimum absolute atomic E-state index is 0. The SMILES string of the molecule is Cl.OC1c2cc(OCc3ccccn3)ccc2OCC1Cc1ccccc1. The van der Waals surface area contributed by atoms with Crippen LogP contribution in [0.1, 0.15) is 22.9 Å². The molecule has 5 heteroatoms. The molecule has 1 N–H and O–H groups in total. The number of ether oxygens (including phenoxy) is 2. The lowest BCUT2D eigenvalue weighted by Gasteiger charge is -2.30. The van der Waals surface area contributed by atoms with Crippen molar-refractivity contribution in [1.82, 2.24) is 4.98 Å². The molecule has 0 spiro atoms. The Bertz CT molecular complexity index is 858. The molecule has 3 aromatic rings. The summed E-state index contributed by atoms with van der Waals surface area (Å²) >= 11 is 0. The van der Waals surface area contributed by atoms with Crippen molar-refractivity contribution in [2.24, 2.45) is 5.92 Å². The lowest BCUT2D eigenvalue weighted by Crippen LogP contribution is -2.27. The highest BCUT2D eigenvalue weighted by Gasteiger charge is 2.30. The fourth-order valence-corrected chi connectivity index (χ4v) is 3.25. The number of aliphatic hydroxyl groups excluding tert-OH is 1. The maximum atomic E-state index is 10.8. The highest BCUT2D eigenvalue weighted by molar-refractivity contribution is 5.85. The Labute approximate surface area is 165 Å². The average Bonchev–Trinajstić information content (AvgIpc) is 2.70. The molecule has 0 saturated heterocycles. The van der Waals surface area contributed by atoms with Crippen LogP contribution in [0.15, 0.2) is 72.9 Å². The summed E-state index contributed by atoms with van der Waals surface area (Å²) in [5.41, 5.74) is 2.85. The molecule has 0 amide bonds. The van der Waals surface area contributed by atoms with E-state index in [4.69, 9.17) is 9.47 Å². The van der Waals surface area contributed by atoms with Gasteiger partial charge in [0.1, 0.15) is 18.1 Å². The molecule has 4 nitrogen and oxygen atoms in total. The van der Waals surface area contributed by atoms with Crippen LogP contribution in [0.4, 0.5) is 0 Å². The Morgan fingerprint density at radius 1 is 1.04 bits per heavy atom. The Kier molecular flexibility index (Phi) is 6.32. The largest absolute Gasteiger partial charge is 0.493 e. The van der Waals surface area contributed by atoms with Gasteiger partial charge in [-0.05, 0) is 42.3 Å². The van der Waals surface area contributed by atoms with Crippen LogP contribution in [0.3, 0.4) is 0 Å². The Morgan fingerprint density at radius 3 is 2.63 bits per heavy atom. The molecule has 4 rings (SSSR count). The van der Waals surface area contributed by atoms with E-state index in [1.165, 1.54) is 5.56 Å². The molecule has 2 heterocycles. The molecule has 1 aromatic heterocycles. The number of hydrogen-bond acceptors (Lipinski definition) is 4. The smallest absolute Gasteiger partial charge is 0.130 e. The third-order valence-corrected chi connectivity index (χ3v) is 4.65. The second kappa shape index (κ2) is 8.89. The second-order valence-corrected chi connectivity index (χ2v) is 6.52. The predicted molar refractivity (Wildman–Crippen MR) is 106 cm³/mol. The van der Waals surface area contributed by atoms with E-state index in [9.17, 15) is 5.11 Å². The molecule has 2 unspecified atom stereocenters. The van der Waals surface area contributed by atoms with Crippen LogP contribution in [0.25, 0.3) is 0 Å². The van der Waals surface area contributed by atoms with Gasteiger partial charge in [-0.1, -0.05) is 36.4 Å². The van der Waals surface area contributed by atoms with Crippen LogP contribution in [-0.2, 0) is 13.0 Å². The molecule has 0 saturated carbocycles. The quantitative estimate of drug-likeness (QED) is 0.710. The van der Waals surface area contributed by atoms with Crippen LogP contribution < -0.4 is 9.47 Å². The fraction of sp³-hybridized carbons (Fsp3) is 0.227. The van der Waals surface area contributed by atoms with Gasteiger partial charge in [0, 0.05) is 17.7 Å². The maximum absolute atomic E-state index is 10.8. The van der Waals surface area contributed by atoms with Gasteiger partial charge in [-0.15, -0.1) is 12.4 Å². The Balaban J connectivity index is 0.00000210. The number of benzene rings is 2. The first-order valence-corrected chi connectivity index (χ1v) is 8.81. The molecular formula is C22H22ClNO3. The van der Waals surface area contributed by atoms with Crippen molar-refractivity contribution >= 4 is 12.4 Å². The summed E-state index contributed by atoms with van der Waals surface area (Å²) in [6.45, 7) is 0.904. The highest BCUT2D eigenvalue weighted by Crippen LogP contribution is 2.39. The first-order valence-electron chi connectivity index (χ1n) is 8.81. The highest BCUT2D eigenvalue weighted by atomic mass is 35.5. The Hall–Kier alpha value is -2.56. The Morgan fingerprint density at radius 2 is 1.85 bits per heavy atom. The first kappa shape index (κ1) is 19.2. The summed E-state index contributed by atoms with van der Waals surface area (Å²) in [6, 6.07) is 21.5. The van der Waals surface area contributed by atoms with Crippen molar-refractivity contribution in [3.05, 3.63) is 89.7 Å². The first-order chi connectivity index (χ1) is 12.8. The molecule has 0 radical (unpaired) electrons. The van der Waals surface area contributed by atoms with Gasteiger partial charge in [0.05, 0.1) is 18.4 Å². The van der Waals surface area contributed by atoms with E-state index < -0.39 is 6.10 Å². The lowest BCUT2D eigenvalue weighted by atomic mass is 9.88. The van der Waals surface area contributed by atoms with Crippen LogP contribution in [-0.4, -0.2) is 16.7 Å². The number of aliphatic hydroxyl groups is 1. The molecule has 0 bridgehead atoms. The summed E-state index contributed by atoms with van der Waals surface area (Å²) < 4.78 is 11.7. The maximum Gasteiger partial charge on any atom is 0.130 e. The van der Waals surface area contributed by atoms with E-state index >= 15 is 0 Å². The van der Waals surface area contributed by atoms with Crippen molar-refractivity contribution in [2.75, 3.05) is 6.61 Å². The van der Waals surface area contributed by atoms with E-state index in [1.54, 1.807) is 6.20 Å². The van der Waals surface area contributed by atoms with Gasteiger partial charge in [0.2, 0.25) is 0 Å². The zero-order valence-electron chi connectivity index (χ0n) is 14.8. The van der Waals surface area contributed by atoms with Crippen LogP contribution in [0.5, 0.6) is 11.5 Å². The van der Waals surface area contributed by atoms with Crippen molar-refractivity contribution in [2.45, 2.75) is 19.1 Å². The predicted octanol–water partition coefficient (Wildman–Crippen LogP) is 4.37. The molecule has 140 valence electrons. The van der Waals surface area contributed by atoms with E-state index in [-0.39, 0.29) is 18.3 Å². The summed E-state index contributed by atoms with van der Waals surface area (Å²) in [6.07, 6.45) is 1.95. The number of pyridine rings is 1. The third kappa shape index (κ3) is 4.59. The number of rotatable bonds is 5. The normalized spacial score (nSPS) is 18.0. The fourth-order valence-electron chi connectivity index (χ4n) is 3.25. The van der Waals surface area contributed by atoms with Gasteiger partial charge < -0.3 is 14.6 Å². The number of hydrogen-bond donors (Lipinski definition) is 1. The number of halogens is 1.